The summed E-state index contributed by atoms with van der Waals surface area (Å²) in [7, 11) is 1.66. The van der Waals surface area contributed by atoms with Gasteiger partial charge in [0.05, 0.1) is 30.5 Å². The zero-order chi connectivity index (χ0) is 21.9. The number of aromatic nitrogens is 2. The molecule has 0 N–H and O–H groups in total. The Kier molecular flexibility index (Phi) is 4.73. The Labute approximate surface area is 185 Å². The van der Waals surface area contributed by atoms with Crippen molar-refractivity contribution in [1.29, 1.82) is 0 Å². The van der Waals surface area contributed by atoms with Crippen molar-refractivity contribution in [3.05, 3.63) is 56.8 Å². The van der Waals surface area contributed by atoms with Gasteiger partial charge in [0, 0.05) is 34.9 Å². The summed E-state index contributed by atoms with van der Waals surface area (Å²) in [5.41, 5.74) is 3.76. The van der Waals surface area contributed by atoms with E-state index in [1.807, 2.05) is 16.9 Å². The molecule has 3 aromatic rings. The Balaban J connectivity index is 1.69. The van der Waals surface area contributed by atoms with Crippen LogP contribution in [-0.2, 0) is 6.54 Å². The number of carbonyl (C=O) groups excluding carboxylic acids is 1. The van der Waals surface area contributed by atoms with Crippen molar-refractivity contribution in [2.24, 2.45) is 0 Å². The summed E-state index contributed by atoms with van der Waals surface area (Å²) in [4.78, 5) is 30.6. The van der Waals surface area contributed by atoms with Crippen molar-refractivity contribution in [2.75, 3.05) is 12.1 Å². The molecular formula is C24H25N3O3S. The normalized spacial score (nSPS) is 15.1. The lowest BCUT2D eigenvalue weighted by molar-refractivity contribution is 0.101. The number of carbonyl (C=O) groups is 1. The van der Waals surface area contributed by atoms with Crippen LogP contribution < -0.4 is 15.2 Å². The van der Waals surface area contributed by atoms with E-state index < -0.39 is 0 Å². The second-order valence-corrected chi connectivity index (χ2v) is 9.64. The molecule has 3 heterocycles. The predicted octanol–water partition coefficient (Wildman–Crippen LogP) is 4.59. The largest absolute Gasteiger partial charge is 0.496 e. The van der Waals surface area contributed by atoms with Gasteiger partial charge in [-0.05, 0) is 57.2 Å². The number of Topliss-reactive ketones (excluding diaryl/α,β-unsaturated/α-hetero) is 1. The van der Waals surface area contributed by atoms with E-state index >= 15 is 0 Å². The van der Waals surface area contributed by atoms with E-state index in [0.29, 0.717) is 12.5 Å². The predicted molar refractivity (Wildman–Crippen MR) is 123 cm³/mol. The van der Waals surface area contributed by atoms with Crippen LogP contribution >= 0.6 is 11.3 Å². The van der Waals surface area contributed by atoms with Crippen LogP contribution in [0.15, 0.2) is 35.4 Å². The molecule has 1 fully saturated rings. The third kappa shape index (κ3) is 3.37. The standard InChI is InChI=1S/C24H25N3O3S/c1-13(2)26-11-16-7-18(24-25-10-23(31-24)15-5-6-15)22(30-4)8-17(16)20-9-21(29)19(14(3)28)12-27(20)26/h7-10,12-13,15H,5-6,11H2,1-4H3. The molecule has 5 rings (SSSR count). The Hall–Kier alpha value is -2.93. The van der Waals surface area contributed by atoms with E-state index in [4.69, 9.17) is 4.74 Å². The van der Waals surface area contributed by atoms with Crippen molar-refractivity contribution in [3.8, 4) is 27.6 Å². The molecule has 0 atom stereocenters. The molecule has 0 bridgehead atoms. The summed E-state index contributed by atoms with van der Waals surface area (Å²) in [5, 5.41) is 3.13. The first-order valence-electron chi connectivity index (χ1n) is 10.6. The third-order valence-corrected chi connectivity index (χ3v) is 7.24. The first-order valence-corrected chi connectivity index (χ1v) is 11.4. The molecule has 1 aliphatic carbocycles. The minimum Gasteiger partial charge on any atom is -0.496 e. The molecule has 1 aromatic carbocycles. The zero-order valence-electron chi connectivity index (χ0n) is 18.1. The lowest BCUT2D eigenvalue weighted by atomic mass is 9.97. The van der Waals surface area contributed by atoms with Gasteiger partial charge in [-0.15, -0.1) is 11.3 Å². The summed E-state index contributed by atoms with van der Waals surface area (Å²) in [6.07, 6.45) is 6.17. The fraction of sp³-hybridized carbons (Fsp3) is 0.375. The number of hydrogen-bond acceptors (Lipinski definition) is 6. The van der Waals surface area contributed by atoms with Crippen LogP contribution in [0.5, 0.6) is 5.75 Å². The van der Waals surface area contributed by atoms with Crippen LogP contribution in [0, 0.1) is 0 Å². The van der Waals surface area contributed by atoms with Gasteiger partial charge in [0.1, 0.15) is 10.8 Å². The van der Waals surface area contributed by atoms with Gasteiger partial charge in [0.25, 0.3) is 0 Å². The number of nitrogens with zero attached hydrogens (tertiary/aromatic N) is 3. The monoisotopic (exact) mass is 435 g/mol. The van der Waals surface area contributed by atoms with Crippen molar-refractivity contribution in [3.63, 3.8) is 0 Å². The average molecular weight is 436 g/mol. The Bertz CT molecular complexity index is 1250. The van der Waals surface area contributed by atoms with Crippen LogP contribution in [-0.4, -0.2) is 28.6 Å². The molecule has 31 heavy (non-hydrogen) atoms. The summed E-state index contributed by atoms with van der Waals surface area (Å²) >= 11 is 1.74. The molecule has 1 saturated carbocycles. The van der Waals surface area contributed by atoms with Crippen LogP contribution in [0.25, 0.3) is 21.8 Å². The van der Waals surface area contributed by atoms with Gasteiger partial charge in [-0.1, -0.05) is 0 Å². The first-order chi connectivity index (χ1) is 14.9. The summed E-state index contributed by atoms with van der Waals surface area (Å²) in [6, 6.07) is 5.89. The lowest BCUT2D eigenvalue weighted by Crippen LogP contribution is -2.44. The molecule has 0 unspecified atom stereocenters. The van der Waals surface area contributed by atoms with E-state index in [0.717, 1.165) is 33.1 Å². The fourth-order valence-corrected chi connectivity index (χ4v) is 5.29. The maximum absolute atomic E-state index is 12.6. The van der Waals surface area contributed by atoms with Crippen molar-refractivity contribution < 1.29 is 9.53 Å². The number of hydrogen-bond donors (Lipinski definition) is 0. The number of ether oxygens (including phenoxy) is 1. The molecule has 160 valence electrons. The van der Waals surface area contributed by atoms with E-state index in [1.165, 1.54) is 24.6 Å². The first kappa shape index (κ1) is 20.0. The van der Waals surface area contributed by atoms with Gasteiger partial charge >= 0.3 is 0 Å². The second-order valence-electron chi connectivity index (χ2n) is 8.58. The number of pyridine rings is 1. The number of methoxy groups -OCH3 is 1. The third-order valence-electron chi connectivity index (χ3n) is 6.05. The molecule has 2 aromatic heterocycles. The van der Waals surface area contributed by atoms with Crippen LogP contribution in [0.2, 0.25) is 0 Å². The van der Waals surface area contributed by atoms with Crippen LogP contribution in [0.3, 0.4) is 0 Å². The number of ketones is 1. The van der Waals surface area contributed by atoms with E-state index in [2.05, 4.69) is 29.9 Å². The van der Waals surface area contributed by atoms with Crippen molar-refractivity contribution >= 4 is 17.1 Å². The molecular weight excluding hydrogens is 410 g/mol. The van der Waals surface area contributed by atoms with E-state index in [1.54, 1.807) is 30.7 Å². The van der Waals surface area contributed by atoms with E-state index in [-0.39, 0.29) is 22.8 Å². The summed E-state index contributed by atoms with van der Waals surface area (Å²) in [6.45, 7) is 6.30. The van der Waals surface area contributed by atoms with Gasteiger partial charge in [-0.2, -0.15) is 0 Å². The maximum atomic E-state index is 12.6. The summed E-state index contributed by atoms with van der Waals surface area (Å²) < 4.78 is 7.69. The maximum Gasteiger partial charge on any atom is 0.193 e. The van der Waals surface area contributed by atoms with Gasteiger partial charge in [0.2, 0.25) is 0 Å². The quantitative estimate of drug-likeness (QED) is 0.549. The number of fused-ring (bicyclic) bond motifs is 3. The highest BCUT2D eigenvalue weighted by atomic mass is 32.1. The highest BCUT2D eigenvalue weighted by molar-refractivity contribution is 7.15. The lowest BCUT2D eigenvalue weighted by Gasteiger charge is -2.38. The van der Waals surface area contributed by atoms with Gasteiger partial charge in [-0.3, -0.25) is 14.3 Å². The Morgan fingerprint density at radius 3 is 2.65 bits per heavy atom. The average Bonchev–Trinajstić information content (AvgIpc) is 3.48. The molecule has 6 nitrogen and oxygen atoms in total. The molecule has 7 heteroatoms. The highest BCUT2D eigenvalue weighted by Gasteiger charge is 2.29. The van der Waals surface area contributed by atoms with E-state index in [9.17, 15) is 9.59 Å². The summed E-state index contributed by atoms with van der Waals surface area (Å²) in [5.74, 6) is 1.18. The minimum atomic E-state index is -0.257. The fourth-order valence-electron chi connectivity index (χ4n) is 4.18. The molecule has 0 radical (unpaired) electrons. The topological polar surface area (TPSA) is 64.4 Å². The number of rotatable bonds is 5. The molecule has 0 saturated heterocycles. The van der Waals surface area contributed by atoms with Gasteiger partial charge < -0.3 is 9.75 Å². The number of thiazole rings is 1. The van der Waals surface area contributed by atoms with Crippen molar-refractivity contribution in [1.82, 2.24) is 9.66 Å². The van der Waals surface area contributed by atoms with Gasteiger partial charge in [0.15, 0.2) is 11.2 Å². The molecule has 0 amide bonds. The Morgan fingerprint density at radius 1 is 1.23 bits per heavy atom. The SMILES string of the molecule is COc1cc2c(cc1-c1ncc(C3CC3)s1)CN(C(C)C)n1cc(C(C)=O)c(=O)cc1-2. The van der Waals surface area contributed by atoms with Crippen molar-refractivity contribution in [2.45, 2.75) is 52.1 Å². The smallest absolute Gasteiger partial charge is 0.193 e. The number of benzene rings is 1. The molecule has 2 aliphatic rings. The highest BCUT2D eigenvalue weighted by Crippen LogP contribution is 2.46. The van der Waals surface area contributed by atoms with Gasteiger partial charge in [-0.25, -0.2) is 4.98 Å². The minimum absolute atomic E-state index is 0.182. The molecule has 1 aliphatic heterocycles. The van der Waals surface area contributed by atoms with Crippen LogP contribution in [0.1, 0.15) is 60.3 Å². The Morgan fingerprint density at radius 2 is 2.00 bits per heavy atom. The zero-order valence-corrected chi connectivity index (χ0v) is 19.0. The molecule has 0 spiro atoms. The second kappa shape index (κ2) is 7.34. The van der Waals surface area contributed by atoms with Crippen LogP contribution in [0.4, 0.5) is 0 Å².